The Bertz CT molecular complexity index is 471. The predicted molar refractivity (Wildman–Crippen MR) is 58.0 cm³/mol. The molecular formula is C11H11NO5. The lowest BCUT2D eigenvalue weighted by Crippen LogP contribution is -2.08. The molecule has 6 heteroatoms. The van der Waals surface area contributed by atoms with E-state index in [1.807, 2.05) is 0 Å². The van der Waals surface area contributed by atoms with Crippen LogP contribution in [-0.4, -0.2) is 24.6 Å². The van der Waals surface area contributed by atoms with Crippen molar-refractivity contribution in [3.63, 3.8) is 0 Å². The highest BCUT2D eigenvalue weighted by molar-refractivity contribution is 5.81. The van der Waals surface area contributed by atoms with E-state index in [2.05, 4.69) is 0 Å². The molecule has 1 aromatic carbocycles. The van der Waals surface area contributed by atoms with Crippen molar-refractivity contribution in [3.8, 4) is 5.75 Å². The zero-order chi connectivity index (χ0) is 12.4. The lowest BCUT2D eigenvalue weighted by Gasteiger charge is -2.08. The van der Waals surface area contributed by atoms with E-state index in [9.17, 15) is 14.9 Å². The second-order valence-corrected chi connectivity index (χ2v) is 3.69. The summed E-state index contributed by atoms with van der Waals surface area (Å²) in [5.41, 5.74) is 0.284. The number of ether oxygens (including phenoxy) is 2. The Morgan fingerprint density at radius 3 is 2.82 bits per heavy atom. The minimum Gasteiger partial charge on any atom is -0.497 e. The van der Waals surface area contributed by atoms with E-state index in [4.69, 9.17) is 9.47 Å². The van der Waals surface area contributed by atoms with E-state index in [-0.39, 0.29) is 5.69 Å². The standard InChI is InChI=1S/C11H11NO5/c1-16-7-2-3-10(12(14)15)9(6-7)8-4-5-17-11(8)13/h2-3,6,8H,4-5H2,1H3. The summed E-state index contributed by atoms with van der Waals surface area (Å²) in [7, 11) is 1.47. The van der Waals surface area contributed by atoms with E-state index in [0.29, 0.717) is 24.3 Å². The largest absolute Gasteiger partial charge is 0.497 e. The van der Waals surface area contributed by atoms with Crippen LogP contribution in [-0.2, 0) is 9.53 Å². The Hall–Kier alpha value is -2.11. The van der Waals surface area contributed by atoms with Gasteiger partial charge in [-0.1, -0.05) is 0 Å². The molecule has 1 saturated heterocycles. The molecule has 6 nitrogen and oxygen atoms in total. The average molecular weight is 237 g/mol. The lowest BCUT2D eigenvalue weighted by molar-refractivity contribution is -0.385. The van der Waals surface area contributed by atoms with Gasteiger partial charge in [0.1, 0.15) is 5.75 Å². The summed E-state index contributed by atoms with van der Waals surface area (Å²) >= 11 is 0. The van der Waals surface area contributed by atoms with E-state index in [0.717, 1.165) is 0 Å². The second kappa shape index (κ2) is 4.40. The van der Waals surface area contributed by atoms with Crippen molar-refractivity contribution in [1.82, 2.24) is 0 Å². The van der Waals surface area contributed by atoms with Crippen LogP contribution in [0.1, 0.15) is 17.9 Å². The first-order chi connectivity index (χ1) is 8.13. The molecule has 0 bridgehead atoms. The number of cyclic esters (lactones) is 1. The minimum absolute atomic E-state index is 0.0744. The van der Waals surface area contributed by atoms with Gasteiger partial charge in [-0.2, -0.15) is 0 Å². The number of carbonyl (C=O) groups is 1. The molecule has 0 saturated carbocycles. The van der Waals surface area contributed by atoms with Gasteiger partial charge >= 0.3 is 5.97 Å². The number of nitro groups is 1. The van der Waals surface area contributed by atoms with Crippen LogP contribution in [0.2, 0.25) is 0 Å². The van der Waals surface area contributed by atoms with Crippen LogP contribution in [0.3, 0.4) is 0 Å². The van der Waals surface area contributed by atoms with Crippen molar-refractivity contribution < 1.29 is 19.2 Å². The molecule has 0 aromatic heterocycles. The fourth-order valence-corrected chi connectivity index (χ4v) is 1.88. The van der Waals surface area contributed by atoms with Crippen LogP contribution in [0, 0.1) is 10.1 Å². The number of nitro benzene ring substituents is 1. The fraction of sp³-hybridized carbons (Fsp3) is 0.364. The van der Waals surface area contributed by atoms with Crippen molar-refractivity contribution in [3.05, 3.63) is 33.9 Å². The molecule has 0 N–H and O–H groups in total. The van der Waals surface area contributed by atoms with Gasteiger partial charge in [0, 0.05) is 11.6 Å². The molecule has 0 aliphatic carbocycles. The summed E-state index contributed by atoms with van der Waals surface area (Å²) in [6, 6.07) is 4.37. The van der Waals surface area contributed by atoms with Crippen LogP contribution in [0.4, 0.5) is 5.69 Å². The SMILES string of the molecule is COc1ccc([N+](=O)[O-])c(C2CCOC2=O)c1. The number of benzene rings is 1. The Morgan fingerprint density at radius 2 is 2.29 bits per heavy atom. The predicted octanol–water partition coefficient (Wildman–Crippen LogP) is 1.63. The zero-order valence-electron chi connectivity index (χ0n) is 9.21. The number of hydrogen-bond acceptors (Lipinski definition) is 5. The number of rotatable bonds is 3. The normalized spacial score (nSPS) is 18.9. The van der Waals surface area contributed by atoms with E-state index < -0.39 is 16.8 Å². The smallest absolute Gasteiger partial charge is 0.313 e. The number of hydrogen-bond donors (Lipinski definition) is 0. The highest BCUT2D eigenvalue weighted by atomic mass is 16.6. The number of carbonyl (C=O) groups excluding carboxylic acids is 1. The van der Waals surface area contributed by atoms with Crippen LogP contribution >= 0.6 is 0 Å². The molecule has 1 aliphatic rings. The minimum atomic E-state index is -0.564. The Labute approximate surface area is 97.3 Å². The van der Waals surface area contributed by atoms with Gasteiger partial charge in [0.2, 0.25) is 0 Å². The third-order valence-corrected chi connectivity index (χ3v) is 2.74. The zero-order valence-corrected chi connectivity index (χ0v) is 9.21. The summed E-state index contributed by atoms with van der Waals surface area (Å²) < 4.78 is 9.84. The van der Waals surface area contributed by atoms with Gasteiger partial charge < -0.3 is 9.47 Å². The molecule has 0 radical (unpaired) electrons. The van der Waals surface area contributed by atoms with E-state index in [1.54, 1.807) is 0 Å². The number of esters is 1. The maximum absolute atomic E-state index is 11.5. The fourth-order valence-electron chi connectivity index (χ4n) is 1.88. The third kappa shape index (κ3) is 2.06. The van der Waals surface area contributed by atoms with Crippen LogP contribution in [0.5, 0.6) is 5.75 Å². The quantitative estimate of drug-likeness (QED) is 0.453. The van der Waals surface area contributed by atoms with Gasteiger partial charge in [0.25, 0.3) is 5.69 Å². The van der Waals surface area contributed by atoms with Crippen LogP contribution in [0.15, 0.2) is 18.2 Å². The molecule has 1 atom stereocenters. The summed E-state index contributed by atoms with van der Waals surface area (Å²) in [6.07, 6.45) is 0.465. The summed E-state index contributed by atoms with van der Waals surface area (Å²) in [6.45, 7) is 0.303. The number of nitrogens with zero attached hydrogens (tertiary/aromatic N) is 1. The van der Waals surface area contributed by atoms with Crippen LogP contribution < -0.4 is 4.74 Å². The van der Waals surface area contributed by atoms with Gasteiger partial charge in [-0.3, -0.25) is 14.9 Å². The van der Waals surface area contributed by atoms with Gasteiger partial charge in [0.05, 0.1) is 24.6 Å². The van der Waals surface area contributed by atoms with Crippen molar-refractivity contribution in [2.75, 3.05) is 13.7 Å². The highest BCUT2D eigenvalue weighted by Crippen LogP contribution is 2.35. The van der Waals surface area contributed by atoms with Crippen molar-refractivity contribution in [2.24, 2.45) is 0 Å². The van der Waals surface area contributed by atoms with Crippen LogP contribution in [0.25, 0.3) is 0 Å². The molecular weight excluding hydrogens is 226 g/mol. The molecule has 0 spiro atoms. The molecule has 1 fully saturated rings. The lowest BCUT2D eigenvalue weighted by atomic mass is 9.96. The van der Waals surface area contributed by atoms with Crippen molar-refractivity contribution in [1.29, 1.82) is 0 Å². The first-order valence-corrected chi connectivity index (χ1v) is 5.12. The Kier molecular flexibility index (Phi) is 2.95. The van der Waals surface area contributed by atoms with E-state index in [1.165, 1.54) is 25.3 Å². The molecule has 90 valence electrons. The van der Waals surface area contributed by atoms with Crippen molar-refractivity contribution in [2.45, 2.75) is 12.3 Å². The molecule has 1 aliphatic heterocycles. The summed E-state index contributed by atoms with van der Waals surface area (Å²) in [5.74, 6) is -0.489. The van der Waals surface area contributed by atoms with Gasteiger partial charge in [-0.25, -0.2) is 0 Å². The first-order valence-electron chi connectivity index (χ1n) is 5.12. The monoisotopic (exact) mass is 237 g/mol. The topological polar surface area (TPSA) is 78.7 Å². The Morgan fingerprint density at radius 1 is 1.53 bits per heavy atom. The molecule has 1 unspecified atom stereocenters. The maximum atomic E-state index is 11.5. The molecule has 0 amide bonds. The molecule has 2 rings (SSSR count). The maximum Gasteiger partial charge on any atom is 0.313 e. The highest BCUT2D eigenvalue weighted by Gasteiger charge is 2.33. The summed E-state index contributed by atoms with van der Waals surface area (Å²) in [4.78, 5) is 21.9. The van der Waals surface area contributed by atoms with Crippen molar-refractivity contribution >= 4 is 11.7 Å². The van der Waals surface area contributed by atoms with Gasteiger partial charge in [-0.15, -0.1) is 0 Å². The van der Waals surface area contributed by atoms with Gasteiger partial charge in [0.15, 0.2) is 0 Å². The second-order valence-electron chi connectivity index (χ2n) is 3.69. The Balaban J connectivity index is 2.48. The summed E-state index contributed by atoms with van der Waals surface area (Å²) in [5, 5.41) is 10.9. The average Bonchev–Trinajstić information content (AvgIpc) is 2.74. The molecule has 1 aromatic rings. The third-order valence-electron chi connectivity index (χ3n) is 2.74. The first kappa shape index (κ1) is 11.4. The van der Waals surface area contributed by atoms with Gasteiger partial charge in [-0.05, 0) is 18.6 Å². The molecule has 1 heterocycles. The molecule has 17 heavy (non-hydrogen) atoms. The van der Waals surface area contributed by atoms with E-state index >= 15 is 0 Å². The number of methoxy groups -OCH3 is 1.